The average molecular weight is 329 g/mol. The molecule has 1 aliphatic rings. The lowest BCUT2D eigenvalue weighted by Gasteiger charge is -2.33. The van der Waals surface area contributed by atoms with Crippen molar-refractivity contribution in [1.82, 2.24) is 24.6 Å². The predicted molar refractivity (Wildman–Crippen MR) is 92.7 cm³/mol. The van der Waals surface area contributed by atoms with Crippen LogP contribution in [0.2, 0.25) is 0 Å². The smallest absolute Gasteiger partial charge is 0.222 e. The lowest BCUT2D eigenvalue weighted by atomic mass is 9.96. The first kappa shape index (κ1) is 16.7. The number of rotatable bonds is 6. The normalized spacial score (nSPS) is 18.3. The molecule has 6 heteroatoms. The molecule has 1 saturated heterocycles. The molecule has 1 fully saturated rings. The summed E-state index contributed by atoms with van der Waals surface area (Å²) in [5.41, 5.74) is 1.17. The maximum atomic E-state index is 12.5. The molecule has 2 aromatic heterocycles. The van der Waals surface area contributed by atoms with Crippen molar-refractivity contribution in [3.8, 4) is 0 Å². The number of hydrogen-bond donors (Lipinski definition) is 1. The maximum absolute atomic E-state index is 12.5. The zero-order valence-electron chi connectivity index (χ0n) is 14.6. The third kappa shape index (κ3) is 3.86. The summed E-state index contributed by atoms with van der Waals surface area (Å²) in [6.45, 7) is 6.03. The number of piperidine rings is 1. The van der Waals surface area contributed by atoms with E-state index in [-0.39, 0.29) is 5.91 Å². The summed E-state index contributed by atoms with van der Waals surface area (Å²) >= 11 is 0. The van der Waals surface area contributed by atoms with Gasteiger partial charge >= 0.3 is 0 Å². The van der Waals surface area contributed by atoms with E-state index in [9.17, 15) is 4.79 Å². The quantitative estimate of drug-likeness (QED) is 0.886. The van der Waals surface area contributed by atoms with Gasteiger partial charge in [-0.05, 0) is 45.1 Å². The number of likely N-dealkylation sites (tertiary alicyclic amines) is 1. The minimum atomic E-state index is 0.269. The highest BCUT2D eigenvalue weighted by Gasteiger charge is 2.27. The van der Waals surface area contributed by atoms with Gasteiger partial charge in [0.25, 0.3) is 0 Å². The number of imidazole rings is 1. The van der Waals surface area contributed by atoms with Crippen molar-refractivity contribution in [1.29, 1.82) is 0 Å². The van der Waals surface area contributed by atoms with Crippen molar-refractivity contribution in [3.63, 3.8) is 0 Å². The molecule has 2 aromatic rings. The molecule has 0 saturated carbocycles. The summed E-state index contributed by atoms with van der Waals surface area (Å²) in [5, 5.41) is 6.75. The number of aryl methyl sites for hydroxylation is 1. The molecule has 3 rings (SSSR count). The average Bonchev–Trinajstić information content (AvgIpc) is 3.26. The Balaban J connectivity index is 1.54. The maximum Gasteiger partial charge on any atom is 0.222 e. The predicted octanol–water partition coefficient (Wildman–Crippen LogP) is 2.92. The fourth-order valence-electron chi connectivity index (χ4n) is 3.51. The van der Waals surface area contributed by atoms with Crippen LogP contribution >= 0.6 is 0 Å². The van der Waals surface area contributed by atoms with Gasteiger partial charge in [-0.25, -0.2) is 4.98 Å². The number of amides is 1. The first-order valence-electron chi connectivity index (χ1n) is 8.93. The molecule has 6 nitrogen and oxygen atoms in total. The van der Waals surface area contributed by atoms with E-state index in [1.54, 1.807) is 0 Å². The molecule has 3 heterocycles. The van der Waals surface area contributed by atoms with E-state index in [1.165, 1.54) is 5.56 Å². The second-order valence-corrected chi connectivity index (χ2v) is 6.93. The van der Waals surface area contributed by atoms with Crippen LogP contribution in [0.4, 0.5) is 0 Å². The minimum Gasteiger partial charge on any atom is -0.342 e. The number of hydrogen-bond acceptors (Lipinski definition) is 3. The Morgan fingerprint density at radius 1 is 1.46 bits per heavy atom. The monoisotopic (exact) mass is 329 g/mol. The molecule has 24 heavy (non-hydrogen) atoms. The molecule has 1 N–H and O–H groups in total. The van der Waals surface area contributed by atoms with Gasteiger partial charge in [0.2, 0.25) is 5.91 Å². The molecule has 1 unspecified atom stereocenters. The van der Waals surface area contributed by atoms with Crippen molar-refractivity contribution in [2.24, 2.45) is 0 Å². The van der Waals surface area contributed by atoms with Crippen molar-refractivity contribution in [3.05, 3.63) is 36.2 Å². The van der Waals surface area contributed by atoms with E-state index in [1.807, 2.05) is 29.7 Å². The Kier molecular flexibility index (Phi) is 5.33. The summed E-state index contributed by atoms with van der Waals surface area (Å²) in [6.07, 6.45) is 12.2. The first-order chi connectivity index (χ1) is 11.6. The van der Waals surface area contributed by atoms with Crippen LogP contribution in [0.1, 0.15) is 62.9 Å². The molecule has 130 valence electrons. The van der Waals surface area contributed by atoms with Gasteiger partial charge < -0.3 is 9.47 Å². The lowest BCUT2D eigenvalue weighted by Crippen LogP contribution is -2.39. The van der Waals surface area contributed by atoms with Crippen molar-refractivity contribution in [2.45, 2.75) is 57.9 Å². The molecule has 0 bridgehead atoms. The van der Waals surface area contributed by atoms with E-state index in [4.69, 9.17) is 0 Å². The van der Waals surface area contributed by atoms with E-state index in [2.05, 4.69) is 33.6 Å². The number of carbonyl (C=O) groups excluding carboxylic acids is 1. The van der Waals surface area contributed by atoms with E-state index in [0.29, 0.717) is 18.4 Å². The lowest BCUT2D eigenvalue weighted by molar-refractivity contribution is -0.132. The largest absolute Gasteiger partial charge is 0.342 e. The van der Waals surface area contributed by atoms with Gasteiger partial charge in [0.05, 0.1) is 6.20 Å². The summed E-state index contributed by atoms with van der Waals surface area (Å²) < 4.78 is 2.23. The molecule has 0 aromatic carbocycles. The molecule has 0 aliphatic carbocycles. The highest BCUT2D eigenvalue weighted by molar-refractivity contribution is 5.76. The van der Waals surface area contributed by atoms with Crippen LogP contribution in [0.5, 0.6) is 0 Å². The first-order valence-corrected chi connectivity index (χ1v) is 8.93. The molecule has 1 amide bonds. The molecule has 1 atom stereocenters. The molecular weight excluding hydrogens is 302 g/mol. The fourth-order valence-corrected chi connectivity index (χ4v) is 3.51. The standard InChI is InChI=1S/C18H27N5O/c1-14(2)23-10-8-19-18(23)16-6-4-9-22(13-16)17(24)7-3-5-15-11-20-21-12-15/h8,10-12,14,16H,3-7,9,13H2,1-2H3,(H,20,21). The van der Waals surface area contributed by atoms with Gasteiger partial charge in [-0.2, -0.15) is 5.10 Å². The number of H-pyrrole nitrogens is 1. The molecule has 0 radical (unpaired) electrons. The van der Waals surface area contributed by atoms with Crippen LogP contribution in [-0.4, -0.2) is 43.6 Å². The van der Waals surface area contributed by atoms with Gasteiger partial charge in [0, 0.05) is 50.1 Å². The van der Waals surface area contributed by atoms with Gasteiger partial charge in [0.1, 0.15) is 5.82 Å². The fraction of sp³-hybridized carbons (Fsp3) is 0.611. The summed E-state index contributed by atoms with van der Waals surface area (Å²) in [7, 11) is 0. The Bertz CT molecular complexity index is 646. The number of nitrogens with one attached hydrogen (secondary N) is 1. The second-order valence-electron chi connectivity index (χ2n) is 6.93. The number of nitrogens with zero attached hydrogens (tertiary/aromatic N) is 4. The highest BCUT2D eigenvalue weighted by Crippen LogP contribution is 2.28. The van der Waals surface area contributed by atoms with Gasteiger partial charge in [-0.3, -0.25) is 9.89 Å². The SMILES string of the molecule is CC(C)n1ccnc1C1CCCN(C(=O)CCCc2cn[nH]c2)C1. The van der Waals surface area contributed by atoms with Crippen molar-refractivity contribution >= 4 is 5.91 Å². The minimum absolute atomic E-state index is 0.269. The van der Waals surface area contributed by atoms with E-state index in [0.717, 1.165) is 44.6 Å². The van der Waals surface area contributed by atoms with Crippen LogP contribution in [0.25, 0.3) is 0 Å². The third-order valence-electron chi connectivity index (χ3n) is 4.81. The van der Waals surface area contributed by atoms with Crippen LogP contribution < -0.4 is 0 Å². The Morgan fingerprint density at radius 3 is 3.08 bits per heavy atom. The number of carbonyl (C=O) groups is 1. The van der Waals surface area contributed by atoms with Crippen molar-refractivity contribution in [2.75, 3.05) is 13.1 Å². The number of aromatic nitrogens is 4. The topological polar surface area (TPSA) is 66.8 Å². The summed E-state index contributed by atoms with van der Waals surface area (Å²) in [5.74, 6) is 1.75. The molecule has 0 spiro atoms. The molecular formula is C18H27N5O. The summed E-state index contributed by atoms with van der Waals surface area (Å²) in [4.78, 5) is 19.1. The summed E-state index contributed by atoms with van der Waals surface area (Å²) in [6, 6.07) is 0.406. The molecule has 1 aliphatic heterocycles. The van der Waals surface area contributed by atoms with Gasteiger partial charge in [-0.15, -0.1) is 0 Å². The van der Waals surface area contributed by atoms with Crippen molar-refractivity contribution < 1.29 is 4.79 Å². The zero-order chi connectivity index (χ0) is 16.9. The van der Waals surface area contributed by atoms with E-state index >= 15 is 0 Å². The van der Waals surface area contributed by atoms with Crippen LogP contribution in [0.3, 0.4) is 0 Å². The van der Waals surface area contributed by atoms with E-state index < -0.39 is 0 Å². The Morgan fingerprint density at radius 2 is 2.33 bits per heavy atom. The second kappa shape index (κ2) is 7.64. The number of aromatic amines is 1. The Labute approximate surface area is 143 Å². The third-order valence-corrected chi connectivity index (χ3v) is 4.81. The highest BCUT2D eigenvalue weighted by atomic mass is 16.2. The van der Waals surface area contributed by atoms with Gasteiger partial charge in [0.15, 0.2) is 0 Å². The van der Waals surface area contributed by atoms with Gasteiger partial charge in [-0.1, -0.05) is 0 Å². The Hall–Kier alpha value is -2.11. The van der Waals surface area contributed by atoms with Crippen LogP contribution in [0, 0.1) is 0 Å². The zero-order valence-corrected chi connectivity index (χ0v) is 14.6. The van der Waals surface area contributed by atoms with Crippen LogP contribution in [-0.2, 0) is 11.2 Å². The van der Waals surface area contributed by atoms with Crippen LogP contribution in [0.15, 0.2) is 24.8 Å².